The zero-order valence-electron chi connectivity index (χ0n) is 10.2. The molecule has 1 aromatic heterocycles. The van der Waals surface area contributed by atoms with E-state index in [0.717, 1.165) is 12.1 Å². The third-order valence-electron chi connectivity index (χ3n) is 2.42. The summed E-state index contributed by atoms with van der Waals surface area (Å²) in [6, 6.07) is 4.72. The lowest BCUT2D eigenvalue weighted by atomic mass is 10.2. The van der Waals surface area contributed by atoms with E-state index in [1.165, 1.54) is 25.6 Å². The Morgan fingerprint density at radius 2 is 2.00 bits per heavy atom. The molecule has 0 aliphatic rings. The predicted octanol–water partition coefficient (Wildman–Crippen LogP) is 3.90. The van der Waals surface area contributed by atoms with Crippen molar-refractivity contribution >= 4 is 23.1 Å². The lowest BCUT2D eigenvalue weighted by molar-refractivity contribution is -0.137. The zero-order chi connectivity index (χ0) is 14.8. The molecule has 0 aliphatic carbocycles. The number of methoxy groups -OCH3 is 1. The molecule has 1 heterocycles. The molecular formula is C12H9ClF3N3O. The van der Waals surface area contributed by atoms with Crippen molar-refractivity contribution in [1.82, 2.24) is 9.97 Å². The van der Waals surface area contributed by atoms with E-state index < -0.39 is 11.7 Å². The Bertz CT molecular complexity index is 619. The molecule has 0 saturated carbocycles. The number of anilines is 2. The van der Waals surface area contributed by atoms with Gasteiger partial charge in [0.25, 0.3) is 0 Å². The maximum absolute atomic E-state index is 12.6. The fourth-order valence-electron chi connectivity index (χ4n) is 1.53. The smallest absolute Gasteiger partial charge is 0.416 e. The van der Waals surface area contributed by atoms with Crippen LogP contribution in [0.25, 0.3) is 0 Å². The van der Waals surface area contributed by atoms with Crippen LogP contribution in [-0.2, 0) is 6.18 Å². The summed E-state index contributed by atoms with van der Waals surface area (Å²) in [5.74, 6) is 0.346. The third kappa shape index (κ3) is 3.11. The van der Waals surface area contributed by atoms with Gasteiger partial charge in [0.2, 0.25) is 0 Å². The van der Waals surface area contributed by atoms with Gasteiger partial charge in [0, 0.05) is 5.69 Å². The van der Waals surface area contributed by atoms with E-state index in [-0.39, 0.29) is 22.4 Å². The quantitative estimate of drug-likeness (QED) is 0.874. The summed E-state index contributed by atoms with van der Waals surface area (Å²) in [5.41, 5.74) is -0.547. The molecule has 8 heteroatoms. The molecule has 1 aromatic carbocycles. The average Bonchev–Trinajstić information content (AvgIpc) is 2.38. The van der Waals surface area contributed by atoms with E-state index in [1.54, 1.807) is 0 Å². The SMILES string of the molecule is COc1c(Cl)ncnc1Nc1cccc(C(F)(F)F)c1. The van der Waals surface area contributed by atoms with Gasteiger partial charge in [0.15, 0.2) is 16.7 Å². The van der Waals surface area contributed by atoms with Crippen LogP contribution in [0.3, 0.4) is 0 Å². The van der Waals surface area contributed by atoms with Crippen LogP contribution in [0, 0.1) is 0 Å². The summed E-state index contributed by atoms with van der Waals surface area (Å²) >= 11 is 5.80. The third-order valence-corrected chi connectivity index (χ3v) is 2.69. The maximum atomic E-state index is 12.6. The van der Waals surface area contributed by atoms with Gasteiger partial charge in [-0.15, -0.1) is 0 Å². The van der Waals surface area contributed by atoms with Gasteiger partial charge in [-0.05, 0) is 18.2 Å². The summed E-state index contributed by atoms with van der Waals surface area (Å²) in [5, 5.41) is 2.78. The summed E-state index contributed by atoms with van der Waals surface area (Å²) in [6.45, 7) is 0. The first-order chi connectivity index (χ1) is 9.41. The monoisotopic (exact) mass is 303 g/mol. The van der Waals surface area contributed by atoms with Gasteiger partial charge in [-0.2, -0.15) is 13.2 Å². The summed E-state index contributed by atoms with van der Waals surface area (Å²) in [7, 11) is 1.36. The number of hydrogen-bond donors (Lipinski definition) is 1. The zero-order valence-corrected chi connectivity index (χ0v) is 11.0. The Balaban J connectivity index is 2.34. The molecule has 0 saturated heterocycles. The number of nitrogens with one attached hydrogen (secondary N) is 1. The Labute approximate surface area is 117 Å². The van der Waals surface area contributed by atoms with Crippen LogP contribution in [0.2, 0.25) is 5.15 Å². The molecule has 0 aliphatic heterocycles. The Hall–Kier alpha value is -2.02. The molecule has 0 unspecified atom stereocenters. The summed E-state index contributed by atoms with van der Waals surface area (Å²) < 4.78 is 42.9. The molecular weight excluding hydrogens is 295 g/mol. The van der Waals surface area contributed by atoms with Crippen LogP contribution in [0.1, 0.15) is 5.56 Å². The summed E-state index contributed by atoms with van der Waals surface area (Å²) in [4.78, 5) is 7.60. The number of aromatic nitrogens is 2. The van der Waals surface area contributed by atoms with E-state index in [1.807, 2.05) is 0 Å². The minimum absolute atomic E-state index is 0.0666. The summed E-state index contributed by atoms with van der Waals surface area (Å²) in [6.07, 6.45) is -3.23. The van der Waals surface area contributed by atoms with Crippen LogP contribution in [0.4, 0.5) is 24.7 Å². The largest absolute Gasteiger partial charge is 0.490 e. The van der Waals surface area contributed by atoms with Crippen molar-refractivity contribution in [3.63, 3.8) is 0 Å². The Morgan fingerprint density at radius 1 is 1.25 bits per heavy atom. The molecule has 0 spiro atoms. The second kappa shape index (κ2) is 5.54. The number of hydrogen-bond acceptors (Lipinski definition) is 4. The normalized spacial score (nSPS) is 11.2. The predicted molar refractivity (Wildman–Crippen MR) is 68.3 cm³/mol. The molecule has 0 atom stereocenters. The lowest BCUT2D eigenvalue weighted by Crippen LogP contribution is -2.06. The van der Waals surface area contributed by atoms with Crippen LogP contribution >= 0.6 is 11.6 Å². The highest BCUT2D eigenvalue weighted by molar-refractivity contribution is 6.31. The minimum Gasteiger partial charge on any atom is -0.490 e. The van der Waals surface area contributed by atoms with Gasteiger partial charge < -0.3 is 10.1 Å². The standard InChI is InChI=1S/C12H9ClF3N3O/c1-20-9-10(13)17-6-18-11(9)19-8-4-2-3-7(5-8)12(14,15)16/h2-6H,1H3,(H,17,18,19). The van der Waals surface area contributed by atoms with Crippen molar-refractivity contribution in [2.45, 2.75) is 6.18 Å². The number of nitrogens with zero attached hydrogens (tertiary/aromatic N) is 2. The van der Waals surface area contributed by atoms with E-state index in [4.69, 9.17) is 16.3 Å². The highest BCUT2D eigenvalue weighted by Gasteiger charge is 2.30. The molecule has 2 rings (SSSR count). The Morgan fingerprint density at radius 3 is 2.65 bits per heavy atom. The van der Waals surface area contributed by atoms with Crippen molar-refractivity contribution in [2.24, 2.45) is 0 Å². The van der Waals surface area contributed by atoms with Crippen LogP contribution in [0.5, 0.6) is 5.75 Å². The molecule has 0 amide bonds. The van der Waals surface area contributed by atoms with Gasteiger partial charge in [-0.3, -0.25) is 0 Å². The van der Waals surface area contributed by atoms with Crippen LogP contribution in [-0.4, -0.2) is 17.1 Å². The molecule has 4 nitrogen and oxygen atoms in total. The number of benzene rings is 1. The average molecular weight is 304 g/mol. The first-order valence-electron chi connectivity index (χ1n) is 5.40. The van der Waals surface area contributed by atoms with Crippen molar-refractivity contribution in [3.05, 3.63) is 41.3 Å². The number of halogens is 4. The van der Waals surface area contributed by atoms with Crippen molar-refractivity contribution in [1.29, 1.82) is 0 Å². The molecule has 1 N–H and O–H groups in total. The van der Waals surface area contributed by atoms with Crippen molar-refractivity contribution in [3.8, 4) is 5.75 Å². The second-order valence-electron chi connectivity index (χ2n) is 3.75. The lowest BCUT2D eigenvalue weighted by Gasteiger charge is -2.12. The molecule has 106 valence electrons. The number of rotatable bonds is 3. The van der Waals surface area contributed by atoms with Crippen molar-refractivity contribution < 1.29 is 17.9 Å². The van der Waals surface area contributed by atoms with Gasteiger partial charge in [0.1, 0.15) is 6.33 Å². The maximum Gasteiger partial charge on any atom is 0.416 e. The molecule has 0 radical (unpaired) electrons. The fraction of sp³-hybridized carbons (Fsp3) is 0.167. The Kier molecular flexibility index (Phi) is 3.99. The first kappa shape index (κ1) is 14.4. The fourth-order valence-corrected chi connectivity index (χ4v) is 1.74. The molecule has 20 heavy (non-hydrogen) atoms. The highest BCUT2D eigenvalue weighted by Crippen LogP contribution is 2.34. The number of alkyl halides is 3. The van der Waals surface area contributed by atoms with E-state index >= 15 is 0 Å². The molecule has 2 aromatic rings. The number of ether oxygens (including phenoxy) is 1. The van der Waals surface area contributed by atoms with Gasteiger partial charge in [-0.1, -0.05) is 17.7 Å². The van der Waals surface area contributed by atoms with E-state index in [0.29, 0.717) is 0 Å². The van der Waals surface area contributed by atoms with E-state index in [2.05, 4.69) is 15.3 Å². The second-order valence-corrected chi connectivity index (χ2v) is 4.11. The van der Waals surface area contributed by atoms with Gasteiger partial charge in [0.05, 0.1) is 12.7 Å². The molecule has 0 fully saturated rings. The molecule has 0 bridgehead atoms. The van der Waals surface area contributed by atoms with Gasteiger partial charge in [-0.25, -0.2) is 9.97 Å². The minimum atomic E-state index is -4.41. The van der Waals surface area contributed by atoms with E-state index in [9.17, 15) is 13.2 Å². The van der Waals surface area contributed by atoms with Gasteiger partial charge >= 0.3 is 6.18 Å². The van der Waals surface area contributed by atoms with Crippen molar-refractivity contribution in [2.75, 3.05) is 12.4 Å². The van der Waals surface area contributed by atoms with Crippen LogP contribution < -0.4 is 10.1 Å². The highest BCUT2D eigenvalue weighted by atomic mass is 35.5. The topological polar surface area (TPSA) is 47.0 Å². The van der Waals surface area contributed by atoms with Crippen LogP contribution in [0.15, 0.2) is 30.6 Å². The first-order valence-corrected chi connectivity index (χ1v) is 5.78.